The van der Waals surface area contributed by atoms with E-state index in [0.29, 0.717) is 35.1 Å². The van der Waals surface area contributed by atoms with Gasteiger partial charge in [-0.2, -0.15) is 0 Å². The van der Waals surface area contributed by atoms with Crippen molar-refractivity contribution in [2.24, 2.45) is 0 Å². The maximum absolute atomic E-state index is 13.0. The number of benzene rings is 2. The molecule has 3 amide bonds. The van der Waals surface area contributed by atoms with Crippen LogP contribution in [-0.4, -0.2) is 37.0 Å². The molecule has 0 atom stereocenters. The van der Waals surface area contributed by atoms with Crippen LogP contribution in [0, 0.1) is 0 Å². The zero-order valence-corrected chi connectivity index (χ0v) is 18.0. The van der Waals surface area contributed by atoms with Crippen LogP contribution in [0.4, 0.5) is 10.5 Å². The maximum atomic E-state index is 13.0. The van der Waals surface area contributed by atoms with Crippen LogP contribution in [0.25, 0.3) is 0 Å². The second kappa shape index (κ2) is 10.2. The Balaban J connectivity index is 1.79. The zero-order chi connectivity index (χ0) is 21.5. The van der Waals surface area contributed by atoms with Gasteiger partial charge in [0.05, 0.1) is 19.2 Å². The Labute approximate surface area is 182 Å². The lowest BCUT2D eigenvalue weighted by atomic mass is 10.1. The van der Waals surface area contributed by atoms with E-state index in [0.717, 1.165) is 18.4 Å². The van der Waals surface area contributed by atoms with Gasteiger partial charge in [-0.15, -0.1) is 0 Å². The zero-order valence-electron chi connectivity index (χ0n) is 17.2. The van der Waals surface area contributed by atoms with E-state index in [1.807, 2.05) is 30.3 Å². The summed E-state index contributed by atoms with van der Waals surface area (Å²) in [5.41, 5.74) is 2.17. The van der Waals surface area contributed by atoms with Crippen molar-refractivity contribution in [1.29, 1.82) is 0 Å². The van der Waals surface area contributed by atoms with Crippen LogP contribution in [0.3, 0.4) is 0 Å². The fourth-order valence-corrected chi connectivity index (χ4v) is 3.30. The number of methoxy groups -OCH3 is 1. The topological polar surface area (TPSA) is 61.9 Å². The van der Waals surface area contributed by atoms with Crippen molar-refractivity contribution < 1.29 is 14.3 Å². The molecule has 0 fully saturated rings. The third-order valence-electron chi connectivity index (χ3n) is 4.89. The van der Waals surface area contributed by atoms with Crippen LogP contribution in [0.2, 0.25) is 5.02 Å². The Morgan fingerprint density at radius 2 is 1.97 bits per heavy atom. The molecule has 3 rings (SSSR count). The number of hydrogen-bond acceptors (Lipinski definition) is 3. The van der Waals surface area contributed by atoms with Gasteiger partial charge in [0.2, 0.25) is 0 Å². The number of nitrogens with zero attached hydrogens (tertiary/aromatic N) is 2. The summed E-state index contributed by atoms with van der Waals surface area (Å²) in [5, 5.41) is 3.59. The summed E-state index contributed by atoms with van der Waals surface area (Å²) >= 11 is 5.91. The van der Waals surface area contributed by atoms with Gasteiger partial charge in [-0.25, -0.2) is 4.79 Å². The average molecular weight is 428 g/mol. The molecule has 158 valence electrons. The molecule has 0 radical (unpaired) electrons. The highest BCUT2D eigenvalue weighted by atomic mass is 35.5. The third kappa shape index (κ3) is 5.33. The average Bonchev–Trinajstić information content (AvgIpc) is 2.77. The van der Waals surface area contributed by atoms with E-state index < -0.39 is 0 Å². The molecular formula is C23H26ClN3O3. The highest BCUT2D eigenvalue weighted by Crippen LogP contribution is 2.26. The smallest absolute Gasteiger partial charge is 0.328 e. The van der Waals surface area contributed by atoms with E-state index in [4.69, 9.17) is 16.3 Å². The second-order valence-electron chi connectivity index (χ2n) is 7.08. The number of rotatable bonds is 8. The molecule has 1 aliphatic heterocycles. The number of nitrogens with one attached hydrogen (secondary N) is 1. The molecule has 7 heteroatoms. The number of carbonyl (C=O) groups excluding carboxylic acids is 2. The van der Waals surface area contributed by atoms with Gasteiger partial charge < -0.3 is 15.0 Å². The number of hydrogen-bond donors (Lipinski definition) is 1. The van der Waals surface area contributed by atoms with Gasteiger partial charge in [0.1, 0.15) is 5.75 Å². The summed E-state index contributed by atoms with van der Waals surface area (Å²) in [6.45, 7) is 3.21. The fourth-order valence-electron chi connectivity index (χ4n) is 3.17. The molecule has 0 aliphatic carbocycles. The highest BCUT2D eigenvalue weighted by Gasteiger charge is 2.30. The van der Waals surface area contributed by atoms with Crippen molar-refractivity contribution in [3.05, 3.63) is 70.9 Å². The monoisotopic (exact) mass is 427 g/mol. The predicted molar refractivity (Wildman–Crippen MR) is 119 cm³/mol. The largest absolute Gasteiger partial charge is 0.497 e. The van der Waals surface area contributed by atoms with Crippen LogP contribution in [-0.2, 0) is 11.3 Å². The Bertz CT molecular complexity index is 928. The van der Waals surface area contributed by atoms with Crippen molar-refractivity contribution in [3.63, 3.8) is 0 Å². The van der Waals surface area contributed by atoms with E-state index in [-0.39, 0.29) is 18.5 Å². The van der Waals surface area contributed by atoms with E-state index >= 15 is 0 Å². The first kappa shape index (κ1) is 21.7. The quantitative estimate of drug-likeness (QED) is 0.670. The van der Waals surface area contributed by atoms with Gasteiger partial charge >= 0.3 is 6.03 Å². The molecular weight excluding hydrogens is 402 g/mol. The number of anilines is 1. The molecule has 0 saturated carbocycles. The predicted octanol–water partition coefficient (Wildman–Crippen LogP) is 4.59. The normalized spacial score (nSPS) is 13.8. The summed E-state index contributed by atoms with van der Waals surface area (Å²) in [6, 6.07) is 14.5. The molecule has 1 heterocycles. The van der Waals surface area contributed by atoms with Crippen LogP contribution >= 0.6 is 11.6 Å². The van der Waals surface area contributed by atoms with Crippen LogP contribution < -0.4 is 15.0 Å². The van der Waals surface area contributed by atoms with E-state index in [2.05, 4.69) is 12.2 Å². The number of halogens is 1. The number of unbranched alkanes of at least 4 members (excludes halogenated alkanes) is 1. The standard InChI is InChI=1S/C23H26ClN3O3/c1-3-4-12-26-15-18(22(28)25-14-17-8-10-19(24)11-9-17)16-27(23(26)29)20-6-5-7-21(13-20)30-2/h5-11,13,15H,3-4,12,14,16H2,1-2H3,(H,25,28). The minimum Gasteiger partial charge on any atom is -0.497 e. The molecule has 2 aromatic carbocycles. The van der Waals surface area contributed by atoms with Gasteiger partial charge in [-0.05, 0) is 36.2 Å². The summed E-state index contributed by atoms with van der Waals surface area (Å²) in [5.74, 6) is 0.454. The molecule has 0 saturated heterocycles. The highest BCUT2D eigenvalue weighted by molar-refractivity contribution is 6.30. The lowest BCUT2D eigenvalue weighted by Gasteiger charge is -2.34. The van der Waals surface area contributed by atoms with Crippen molar-refractivity contribution in [1.82, 2.24) is 10.2 Å². The van der Waals surface area contributed by atoms with Gasteiger partial charge in [0, 0.05) is 36.1 Å². The van der Waals surface area contributed by atoms with Crippen LogP contribution in [0.5, 0.6) is 5.75 Å². The van der Waals surface area contributed by atoms with Crippen molar-refractivity contribution in [2.75, 3.05) is 25.1 Å². The van der Waals surface area contributed by atoms with E-state index in [1.54, 1.807) is 41.3 Å². The Morgan fingerprint density at radius 1 is 1.20 bits per heavy atom. The van der Waals surface area contributed by atoms with Crippen molar-refractivity contribution in [2.45, 2.75) is 26.3 Å². The summed E-state index contributed by atoms with van der Waals surface area (Å²) in [7, 11) is 1.58. The first-order chi connectivity index (χ1) is 14.5. The molecule has 0 aromatic heterocycles. The summed E-state index contributed by atoms with van der Waals surface area (Å²) < 4.78 is 5.29. The summed E-state index contributed by atoms with van der Waals surface area (Å²) in [4.78, 5) is 29.1. The molecule has 1 N–H and O–H groups in total. The van der Waals surface area contributed by atoms with Crippen LogP contribution in [0.1, 0.15) is 25.3 Å². The minimum atomic E-state index is -0.202. The van der Waals surface area contributed by atoms with Gasteiger partial charge in [-0.3, -0.25) is 9.69 Å². The van der Waals surface area contributed by atoms with Gasteiger partial charge in [0.15, 0.2) is 0 Å². The van der Waals surface area contributed by atoms with E-state index in [1.165, 1.54) is 0 Å². The first-order valence-corrected chi connectivity index (χ1v) is 10.3. The van der Waals surface area contributed by atoms with Gasteiger partial charge in [0.25, 0.3) is 5.91 Å². The van der Waals surface area contributed by atoms with E-state index in [9.17, 15) is 9.59 Å². The lowest BCUT2D eigenvalue weighted by molar-refractivity contribution is -0.117. The Kier molecular flexibility index (Phi) is 7.36. The number of urea groups is 1. The lowest BCUT2D eigenvalue weighted by Crippen LogP contribution is -2.48. The van der Waals surface area contributed by atoms with Gasteiger partial charge in [-0.1, -0.05) is 43.1 Å². The molecule has 2 aromatic rings. The van der Waals surface area contributed by atoms with Crippen LogP contribution in [0.15, 0.2) is 60.3 Å². The number of carbonyl (C=O) groups is 2. The third-order valence-corrected chi connectivity index (χ3v) is 5.14. The second-order valence-corrected chi connectivity index (χ2v) is 7.52. The first-order valence-electron chi connectivity index (χ1n) is 9.97. The number of amides is 3. The maximum Gasteiger partial charge on any atom is 0.328 e. The van der Waals surface area contributed by atoms with Crippen molar-refractivity contribution >= 4 is 29.2 Å². The molecule has 0 spiro atoms. The number of ether oxygens (including phenoxy) is 1. The summed E-state index contributed by atoms with van der Waals surface area (Å²) in [6.07, 6.45) is 3.48. The fraction of sp³-hybridized carbons (Fsp3) is 0.304. The van der Waals surface area contributed by atoms with Crippen molar-refractivity contribution in [3.8, 4) is 5.75 Å². The Hall–Kier alpha value is -2.99. The molecule has 30 heavy (non-hydrogen) atoms. The molecule has 0 bridgehead atoms. The molecule has 0 unspecified atom stereocenters. The molecule has 1 aliphatic rings. The SMILES string of the molecule is CCCCN1C=C(C(=O)NCc2ccc(Cl)cc2)CN(c2cccc(OC)c2)C1=O. The Morgan fingerprint density at radius 3 is 2.67 bits per heavy atom. The minimum absolute atomic E-state index is 0.147. The molecule has 6 nitrogen and oxygen atoms in total.